The van der Waals surface area contributed by atoms with Gasteiger partial charge in [0.2, 0.25) is 0 Å². The lowest BCUT2D eigenvalue weighted by Gasteiger charge is -2.21. The van der Waals surface area contributed by atoms with Crippen LogP contribution in [0.25, 0.3) is 0 Å². The molecule has 1 aliphatic heterocycles. The van der Waals surface area contributed by atoms with Crippen LogP contribution in [0.15, 0.2) is 18.3 Å². The topological polar surface area (TPSA) is 79.4 Å². The molecule has 0 spiro atoms. The molecule has 0 bridgehead atoms. The molecule has 122 valence electrons. The van der Waals surface area contributed by atoms with Gasteiger partial charge in [-0.2, -0.15) is 0 Å². The summed E-state index contributed by atoms with van der Waals surface area (Å²) >= 11 is 0. The molecule has 0 saturated carbocycles. The van der Waals surface area contributed by atoms with E-state index in [1.165, 1.54) is 25.7 Å². The quantitative estimate of drug-likeness (QED) is 0.881. The average Bonchev–Trinajstić information content (AvgIpc) is 2.75. The van der Waals surface area contributed by atoms with Gasteiger partial charge in [0, 0.05) is 32.1 Å². The Labute approximate surface area is 131 Å². The second kappa shape index (κ2) is 7.58. The summed E-state index contributed by atoms with van der Waals surface area (Å²) in [5.74, 6) is 0.547. The number of amides is 1. The van der Waals surface area contributed by atoms with Crippen LogP contribution >= 0.6 is 0 Å². The number of sulfone groups is 1. The van der Waals surface area contributed by atoms with E-state index in [2.05, 4.69) is 15.2 Å². The predicted molar refractivity (Wildman–Crippen MR) is 87.0 cm³/mol. The first-order valence-corrected chi connectivity index (χ1v) is 9.69. The van der Waals surface area contributed by atoms with Crippen molar-refractivity contribution >= 4 is 21.6 Å². The number of anilines is 1. The normalized spacial score (nSPS) is 16.1. The number of rotatable bonds is 5. The highest BCUT2D eigenvalue weighted by molar-refractivity contribution is 7.90. The van der Waals surface area contributed by atoms with E-state index in [0.717, 1.165) is 25.2 Å². The lowest BCUT2D eigenvalue weighted by molar-refractivity contribution is 0.0956. The molecule has 2 rings (SSSR count). The van der Waals surface area contributed by atoms with Gasteiger partial charge in [-0.1, -0.05) is 12.8 Å². The third kappa shape index (κ3) is 5.29. The number of hydrogen-bond acceptors (Lipinski definition) is 5. The van der Waals surface area contributed by atoms with Crippen LogP contribution in [0.3, 0.4) is 0 Å². The van der Waals surface area contributed by atoms with Crippen molar-refractivity contribution in [3.63, 3.8) is 0 Å². The minimum Gasteiger partial charge on any atom is -0.357 e. The maximum Gasteiger partial charge on any atom is 0.252 e. The number of aromatic nitrogens is 1. The molecule has 2 heterocycles. The molecule has 0 aliphatic carbocycles. The summed E-state index contributed by atoms with van der Waals surface area (Å²) in [5, 5.41) is 2.59. The summed E-state index contributed by atoms with van der Waals surface area (Å²) in [6, 6.07) is 3.60. The van der Waals surface area contributed by atoms with E-state index < -0.39 is 9.84 Å². The zero-order chi connectivity index (χ0) is 16.0. The van der Waals surface area contributed by atoms with E-state index in [1.807, 2.05) is 6.07 Å². The van der Waals surface area contributed by atoms with Crippen molar-refractivity contribution in [2.45, 2.75) is 25.7 Å². The van der Waals surface area contributed by atoms with Crippen LogP contribution in [0.2, 0.25) is 0 Å². The summed E-state index contributed by atoms with van der Waals surface area (Å²) in [6.07, 6.45) is 7.58. The van der Waals surface area contributed by atoms with Crippen molar-refractivity contribution in [3.8, 4) is 0 Å². The van der Waals surface area contributed by atoms with Gasteiger partial charge in [-0.05, 0) is 25.0 Å². The zero-order valence-corrected chi connectivity index (χ0v) is 13.7. The molecular formula is C15H23N3O3S. The Morgan fingerprint density at radius 1 is 1.23 bits per heavy atom. The number of carbonyl (C=O) groups is 1. The third-order valence-electron chi connectivity index (χ3n) is 3.70. The van der Waals surface area contributed by atoms with Crippen LogP contribution in [-0.2, 0) is 9.84 Å². The number of carbonyl (C=O) groups excluding carboxylic acids is 1. The summed E-state index contributed by atoms with van der Waals surface area (Å²) in [4.78, 5) is 18.5. The van der Waals surface area contributed by atoms with E-state index >= 15 is 0 Å². The number of hydrogen-bond donors (Lipinski definition) is 1. The minimum absolute atomic E-state index is 0.0575. The maximum absolute atomic E-state index is 11.9. The van der Waals surface area contributed by atoms with Gasteiger partial charge in [-0.15, -0.1) is 0 Å². The second-order valence-electron chi connectivity index (χ2n) is 5.69. The van der Waals surface area contributed by atoms with Gasteiger partial charge < -0.3 is 10.2 Å². The molecular weight excluding hydrogens is 302 g/mol. The number of pyridine rings is 1. The fraction of sp³-hybridized carbons (Fsp3) is 0.600. The molecule has 1 amide bonds. The number of nitrogens with one attached hydrogen (secondary N) is 1. The standard InChI is InChI=1S/C15H23N3O3S/c1-22(20,21)11-8-16-15(19)13-6-7-14(17-12-13)18-9-4-2-3-5-10-18/h6-7,12H,2-5,8-11H2,1H3,(H,16,19). The average molecular weight is 325 g/mol. The first-order valence-electron chi connectivity index (χ1n) is 7.63. The van der Waals surface area contributed by atoms with Crippen molar-refractivity contribution in [2.24, 2.45) is 0 Å². The smallest absolute Gasteiger partial charge is 0.252 e. The van der Waals surface area contributed by atoms with Crippen molar-refractivity contribution in [2.75, 3.05) is 36.5 Å². The highest BCUT2D eigenvalue weighted by Crippen LogP contribution is 2.17. The Kier molecular flexibility index (Phi) is 5.76. The Balaban J connectivity index is 1.91. The predicted octanol–water partition coefficient (Wildman–Crippen LogP) is 1.24. The monoisotopic (exact) mass is 325 g/mol. The van der Waals surface area contributed by atoms with Crippen LogP contribution in [0.5, 0.6) is 0 Å². The first-order chi connectivity index (χ1) is 10.5. The Morgan fingerprint density at radius 2 is 1.91 bits per heavy atom. The van der Waals surface area contributed by atoms with Crippen LogP contribution in [0.4, 0.5) is 5.82 Å². The van der Waals surface area contributed by atoms with Gasteiger partial charge in [0.1, 0.15) is 15.7 Å². The molecule has 22 heavy (non-hydrogen) atoms. The number of nitrogens with zero attached hydrogens (tertiary/aromatic N) is 2. The molecule has 6 nitrogen and oxygen atoms in total. The van der Waals surface area contributed by atoms with E-state index in [9.17, 15) is 13.2 Å². The van der Waals surface area contributed by atoms with Crippen LogP contribution < -0.4 is 10.2 Å². The molecule has 1 aromatic rings. The molecule has 1 saturated heterocycles. The van der Waals surface area contributed by atoms with Crippen LogP contribution in [0, 0.1) is 0 Å². The fourth-order valence-corrected chi connectivity index (χ4v) is 2.93. The molecule has 0 radical (unpaired) electrons. The van der Waals surface area contributed by atoms with Gasteiger partial charge in [-0.3, -0.25) is 4.79 Å². The van der Waals surface area contributed by atoms with Gasteiger partial charge in [0.25, 0.3) is 5.91 Å². The Morgan fingerprint density at radius 3 is 2.45 bits per heavy atom. The van der Waals surface area contributed by atoms with E-state index in [4.69, 9.17) is 0 Å². The van der Waals surface area contributed by atoms with E-state index in [0.29, 0.717) is 5.56 Å². The molecule has 7 heteroatoms. The fourth-order valence-electron chi connectivity index (χ4n) is 2.46. The van der Waals surface area contributed by atoms with Crippen molar-refractivity contribution in [1.82, 2.24) is 10.3 Å². The SMILES string of the molecule is CS(=O)(=O)CCNC(=O)c1ccc(N2CCCCCC2)nc1. The Hall–Kier alpha value is -1.63. The highest BCUT2D eigenvalue weighted by Gasteiger charge is 2.12. The molecule has 0 unspecified atom stereocenters. The largest absolute Gasteiger partial charge is 0.357 e. The summed E-state index contributed by atoms with van der Waals surface area (Å²) in [7, 11) is -3.06. The van der Waals surface area contributed by atoms with Crippen LogP contribution in [-0.4, -0.2) is 51.0 Å². The zero-order valence-electron chi connectivity index (χ0n) is 12.9. The van der Waals surface area contributed by atoms with Crippen LogP contribution in [0.1, 0.15) is 36.0 Å². The molecule has 1 fully saturated rings. The highest BCUT2D eigenvalue weighted by atomic mass is 32.2. The van der Waals surface area contributed by atoms with Gasteiger partial charge >= 0.3 is 0 Å². The maximum atomic E-state index is 11.9. The minimum atomic E-state index is -3.06. The molecule has 1 aromatic heterocycles. The van der Waals surface area contributed by atoms with E-state index in [1.54, 1.807) is 12.3 Å². The van der Waals surface area contributed by atoms with E-state index in [-0.39, 0.29) is 18.2 Å². The van der Waals surface area contributed by atoms with Crippen molar-refractivity contribution in [3.05, 3.63) is 23.9 Å². The Bertz CT molecular complexity index is 591. The lowest BCUT2D eigenvalue weighted by Crippen LogP contribution is -2.29. The van der Waals surface area contributed by atoms with Crippen molar-refractivity contribution in [1.29, 1.82) is 0 Å². The summed E-state index contributed by atoms with van der Waals surface area (Å²) < 4.78 is 22.1. The molecule has 1 aliphatic rings. The van der Waals surface area contributed by atoms with Gasteiger partial charge in [0.05, 0.1) is 11.3 Å². The molecule has 1 N–H and O–H groups in total. The second-order valence-corrected chi connectivity index (χ2v) is 7.95. The van der Waals surface area contributed by atoms with Crippen molar-refractivity contribution < 1.29 is 13.2 Å². The first kappa shape index (κ1) is 16.7. The third-order valence-corrected chi connectivity index (χ3v) is 4.64. The summed E-state index contributed by atoms with van der Waals surface area (Å²) in [6.45, 7) is 2.13. The molecule has 0 atom stereocenters. The van der Waals surface area contributed by atoms with Gasteiger partial charge in [0.15, 0.2) is 0 Å². The lowest BCUT2D eigenvalue weighted by atomic mass is 10.2. The molecule has 0 aromatic carbocycles. The summed E-state index contributed by atoms with van der Waals surface area (Å²) in [5.41, 5.74) is 0.451. The van der Waals surface area contributed by atoms with Gasteiger partial charge in [-0.25, -0.2) is 13.4 Å².